The number of carbonyl (C=O) groups is 1. The first-order valence-corrected chi connectivity index (χ1v) is 10.2. The van der Waals surface area contributed by atoms with Crippen LogP contribution in [0.5, 0.6) is 0 Å². The van der Waals surface area contributed by atoms with Crippen LogP contribution >= 0.6 is 11.6 Å². The molecular weight excluding hydrogens is 410 g/mol. The number of amides is 1. The van der Waals surface area contributed by atoms with Crippen molar-refractivity contribution in [3.63, 3.8) is 0 Å². The first kappa shape index (κ1) is 20.6. The smallest absolute Gasteiger partial charge is 0.249 e. The average molecular weight is 430 g/mol. The molecule has 1 aromatic heterocycles. The summed E-state index contributed by atoms with van der Waals surface area (Å²) in [5, 5.41) is 7.64. The molecule has 0 fully saturated rings. The summed E-state index contributed by atoms with van der Waals surface area (Å²) in [5.74, 6) is 0.511. The van der Waals surface area contributed by atoms with Crippen LogP contribution < -0.4 is 5.32 Å². The van der Waals surface area contributed by atoms with E-state index in [1.54, 1.807) is 18.2 Å². The highest BCUT2D eigenvalue weighted by Crippen LogP contribution is 2.23. The van der Waals surface area contributed by atoms with Crippen molar-refractivity contribution in [2.45, 2.75) is 12.5 Å². The van der Waals surface area contributed by atoms with Gasteiger partial charge in [-0.2, -0.15) is 4.98 Å². The minimum Gasteiger partial charge on any atom is -0.340 e. The number of nitrogens with zero attached hydrogens (tertiary/aromatic N) is 2. The van der Waals surface area contributed by atoms with Crippen molar-refractivity contribution in [2.75, 3.05) is 0 Å². The third-order valence-electron chi connectivity index (χ3n) is 4.65. The van der Waals surface area contributed by atoms with E-state index < -0.39 is 6.04 Å². The lowest BCUT2D eigenvalue weighted by atomic mass is 10.1. The topological polar surface area (TPSA) is 68.0 Å². The third-order valence-corrected chi connectivity index (χ3v) is 4.88. The third kappa shape index (κ3) is 5.68. The largest absolute Gasteiger partial charge is 0.340 e. The molecule has 3 aromatic carbocycles. The zero-order valence-corrected chi connectivity index (χ0v) is 17.4. The second-order valence-corrected chi connectivity index (χ2v) is 7.40. The molecule has 4 rings (SSSR count). The van der Waals surface area contributed by atoms with E-state index in [2.05, 4.69) is 15.5 Å². The molecule has 0 saturated carbocycles. The number of hydrogen-bond donors (Lipinski definition) is 1. The molecule has 0 aliphatic carbocycles. The number of rotatable bonds is 7. The Balaban J connectivity index is 1.56. The minimum atomic E-state index is -0.476. The predicted octanol–water partition coefficient (Wildman–Crippen LogP) is 5.50. The Bertz CT molecular complexity index is 1170. The lowest BCUT2D eigenvalue weighted by Crippen LogP contribution is -2.28. The standard InChI is InChI=1S/C25H20ClN3O2/c26-21-13-7-12-20(17-21)24-28-25(31-29-24)22(16-19-10-5-2-6-11-19)27-23(30)15-14-18-8-3-1-4-9-18/h1-15,17,22H,16H2,(H,27,30)/b15-14+/t22-/m1/s1. The molecule has 5 nitrogen and oxygen atoms in total. The summed E-state index contributed by atoms with van der Waals surface area (Å²) in [6, 6.07) is 26.2. The van der Waals surface area contributed by atoms with Crippen LogP contribution in [0.2, 0.25) is 5.02 Å². The quantitative estimate of drug-likeness (QED) is 0.394. The van der Waals surface area contributed by atoms with Crippen LogP contribution in [0.15, 0.2) is 95.5 Å². The van der Waals surface area contributed by atoms with Gasteiger partial charge in [0.05, 0.1) is 0 Å². The zero-order valence-electron chi connectivity index (χ0n) is 16.6. The van der Waals surface area contributed by atoms with E-state index in [0.29, 0.717) is 23.2 Å². The van der Waals surface area contributed by atoms with Gasteiger partial charge >= 0.3 is 0 Å². The van der Waals surface area contributed by atoms with Crippen LogP contribution in [-0.4, -0.2) is 16.0 Å². The first-order chi connectivity index (χ1) is 15.2. The van der Waals surface area contributed by atoms with Crippen molar-refractivity contribution in [2.24, 2.45) is 0 Å². The van der Waals surface area contributed by atoms with E-state index in [1.165, 1.54) is 6.08 Å². The van der Waals surface area contributed by atoms with Crippen molar-refractivity contribution < 1.29 is 9.32 Å². The summed E-state index contributed by atoms with van der Waals surface area (Å²) < 4.78 is 5.51. The molecule has 31 heavy (non-hydrogen) atoms. The predicted molar refractivity (Wildman–Crippen MR) is 121 cm³/mol. The van der Waals surface area contributed by atoms with Gasteiger partial charge in [-0.25, -0.2) is 0 Å². The Morgan fingerprint density at radius 1 is 1.00 bits per heavy atom. The van der Waals surface area contributed by atoms with Gasteiger partial charge in [0, 0.05) is 23.1 Å². The Kier molecular flexibility index (Phi) is 6.55. The lowest BCUT2D eigenvalue weighted by Gasteiger charge is -2.14. The molecular formula is C25H20ClN3O2. The van der Waals surface area contributed by atoms with E-state index in [9.17, 15) is 4.79 Å². The van der Waals surface area contributed by atoms with Crippen LogP contribution in [-0.2, 0) is 11.2 Å². The summed E-state index contributed by atoms with van der Waals surface area (Å²) in [7, 11) is 0. The summed E-state index contributed by atoms with van der Waals surface area (Å²) in [5.41, 5.74) is 2.73. The van der Waals surface area contributed by atoms with Gasteiger partial charge in [-0.1, -0.05) is 89.6 Å². The maximum atomic E-state index is 12.6. The van der Waals surface area contributed by atoms with Gasteiger partial charge in [0.25, 0.3) is 0 Å². The van der Waals surface area contributed by atoms with E-state index in [4.69, 9.17) is 16.1 Å². The lowest BCUT2D eigenvalue weighted by molar-refractivity contribution is -0.117. The van der Waals surface area contributed by atoms with Crippen LogP contribution in [0.4, 0.5) is 0 Å². The Morgan fingerprint density at radius 3 is 2.48 bits per heavy atom. The molecule has 0 aliphatic rings. The highest BCUT2D eigenvalue weighted by Gasteiger charge is 2.21. The molecule has 154 valence electrons. The number of benzene rings is 3. The summed E-state index contributed by atoms with van der Waals surface area (Å²) in [6.45, 7) is 0. The SMILES string of the molecule is O=C(/C=C/c1ccccc1)N[C@H](Cc1ccccc1)c1nc(-c2cccc(Cl)c2)no1. The molecule has 0 spiro atoms. The second-order valence-electron chi connectivity index (χ2n) is 6.96. The van der Waals surface area contributed by atoms with Crippen molar-refractivity contribution >= 4 is 23.6 Å². The van der Waals surface area contributed by atoms with Gasteiger partial charge in [0.1, 0.15) is 6.04 Å². The summed E-state index contributed by atoms with van der Waals surface area (Å²) >= 11 is 6.07. The Morgan fingerprint density at radius 2 is 1.74 bits per heavy atom. The van der Waals surface area contributed by atoms with Gasteiger partial charge in [0.15, 0.2) is 0 Å². The summed E-state index contributed by atoms with van der Waals surface area (Å²) in [6.07, 6.45) is 3.78. The number of carbonyl (C=O) groups excluding carboxylic acids is 1. The molecule has 0 aliphatic heterocycles. The first-order valence-electron chi connectivity index (χ1n) is 9.84. The Hall–Kier alpha value is -3.70. The number of hydrogen-bond acceptors (Lipinski definition) is 4. The number of aromatic nitrogens is 2. The summed E-state index contributed by atoms with van der Waals surface area (Å²) in [4.78, 5) is 17.1. The second kappa shape index (κ2) is 9.87. The monoisotopic (exact) mass is 429 g/mol. The molecule has 0 saturated heterocycles. The fourth-order valence-electron chi connectivity index (χ4n) is 3.13. The molecule has 1 heterocycles. The minimum absolute atomic E-state index is 0.243. The van der Waals surface area contributed by atoms with E-state index >= 15 is 0 Å². The van der Waals surface area contributed by atoms with Gasteiger partial charge < -0.3 is 9.84 Å². The van der Waals surface area contributed by atoms with Crippen LogP contribution in [0.1, 0.15) is 23.1 Å². The molecule has 1 amide bonds. The van der Waals surface area contributed by atoms with Crippen molar-refractivity contribution in [1.29, 1.82) is 0 Å². The molecule has 6 heteroatoms. The van der Waals surface area contributed by atoms with E-state index in [1.807, 2.05) is 72.8 Å². The molecule has 0 bridgehead atoms. The van der Waals surface area contributed by atoms with E-state index in [-0.39, 0.29) is 5.91 Å². The van der Waals surface area contributed by atoms with Crippen molar-refractivity contribution in [3.8, 4) is 11.4 Å². The fraction of sp³-hybridized carbons (Fsp3) is 0.0800. The van der Waals surface area contributed by atoms with Gasteiger partial charge in [0.2, 0.25) is 17.6 Å². The molecule has 0 unspecified atom stereocenters. The van der Waals surface area contributed by atoms with Gasteiger partial charge in [-0.3, -0.25) is 4.79 Å². The van der Waals surface area contributed by atoms with Crippen LogP contribution in [0, 0.1) is 0 Å². The highest BCUT2D eigenvalue weighted by atomic mass is 35.5. The molecule has 1 N–H and O–H groups in total. The average Bonchev–Trinajstić information content (AvgIpc) is 3.29. The normalized spacial score (nSPS) is 12.0. The molecule has 1 atom stereocenters. The maximum absolute atomic E-state index is 12.6. The van der Waals surface area contributed by atoms with Crippen LogP contribution in [0.3, 0.4) is 0 Å². The van der Waals surface area contributed by atoms with Crippen LogP contribution in [0.25, 0.3) is 17.5 Å². The highest BCUT2D eigenvalue weighted by molar-refractivity contribution is 6.30. The maximum Gasteiger partial charge on any atom is 0.249 e. The van der Waals surface area contributed by atoms with Crippen molar-refractivity contribution in [3.05, 3.63) is 113 Å². The molecule has 0 radical (unpaired) electrons. The molecule has 4 aromatic rings. The fourth-order valence-corrected chi connectivity index (χ4v) is 3.32. The van der Waals surface area contributed by atoms with Gasteiger partial charge in [-0.05, 0) is 29.3 Å². The Labute approximate surface area is 185 Å². The zero-order chi connectivity index (χ0) is 21.5. The van der Waals surface area contributed by atoms with Crippen molar-refractivity contribution in [1.82, 2.24) is 15.5 Å². The number of halogens is 1. The number of nitrogens with one attached hydrogen (secondary N) is 1. The van der Waals surface area contributed by atoms with E-state index in [0.717, 1.165) is 16.7 Å². The van der Waals surface area contributed by atoms with Gasteiger partial charge in [-0.15, -0.1) is 0 Å².